The molecule has 2 aromatic rings. The van der Waals surface area contributed by atoms with Gasteiger partial charge >= 0.3 is 0 Å². The quantitative estimate of drug-likeness (QED) is 0.276. The minimum atomic E-state index is -0.270. The molecule has 6 nitrogen and oxygen atoms in total. The second kappa shape index (κ2) is 9.70. The Balaban J connectivity index is 1.39. The summed E-state index contributed by atoms with van der Waals surface area (Å²) in [4.78, 5) is 25.9. The first-order valence-electron chi connectivity index (χ1n) is 11.9. The van der Waals surface area contributed by atoms with Crippen molar-refractivity contribution in [3.63, 3.8) is 0 Å². The second-order valence-electron chi connectivity index (χ2n) is 9.08. The van der Waals surface area contributed by atoms with Crippen molar-refractivity contribution in [2.75, 3.05) is 6.61 Å². The van der Waals surface area contributed by atoms with E-state index in [9.17, 15) is 9.59 Å². The summed E-state index contributed by atoms with van der Waals surface area (Å²) in [6.07, 6.45) is 8.93. The molecular weight excluding hydrogens is 464 g/mol. The molecule has 0 spiro atoms. The van der Waals surface area contributed by atoms with Gasteiger partial charge in [0.2, 0.25) is 0 Å². The number of carbonyl (C=O) groups excluding carboxylic acids is 2. The molecule has 1 saturated heterocycles. The summed E-state index contributed by atoms with van der Waals surface area (Å²) in [5, 5.41) is 6.04. The molecule has 2 bridgehead atoms. The Hall–Kier alpha value is -3.38. The molecule has 2 fully saturated rings. The van der Waals surface area contributed by atoms with E-state index in [1.54, 1.807) is 12.3 Å². The maximum Gasteiger partial charge on any atom is 0.254 e. The highest BCUT2D eigenvalue weighted by Crippen LogP contribution is 2.52. The lowest BCUT2D eigenvalue weighted by molar-refractivity contribution is -0.140. The van der Waals surface area contributed by atoms with Crippen LogP contribution < -0.4 is 9.47 Å². The van der Waals surface area contributed by atoms with E-state index in [0.717, 1.165) is 22.6 Å². The third-order valence-corrected chi connectivity index (χ3v) is 7.14. The van der Waals surface area contributed by atoms with Gasteiger partial charge in [0.15, 0.2) is 11.5 Å². The number of nitrogens with zero attached hydrogens (tertiary/aromatic N) is 2. The van der Waals surface area contributed by atoms with E-state index in [4.69, 9.17) is 21.1 Å². The number of carbonyl (C=O) groups is 2. The van der Waals surface area contributed by atoms with Crippen LogP contribution in [0.5, 0.6) is 11.5 Å². The Morgan fingerprint density at radius 3 is 2.40 bits per heavy atom. The van der Waals surface area contributed by atoms with Crippen molar-refractivity contribution >= 4 is 29.6 Å². The third kappa shape index (κ3) is 4.39. The maximum absolute atomic E-state index is 12.9. The van der Waals surface area contributed by atoms with Gasteiger partial charge < -0.3 is 9.47 Å². The fourth-order valence-electron chi connectivity index (χ4n) is 5.35. The van der Waals surface area contributed by atoms with Gasteiger partial charge in [0.25, 0.3) is 11.8 Å². The highest BCUT2D eigenvalue weighted by molar-refractivity contribution is 6.30. The lowest BCUT2D eigenvalue weighted by atomic mass is 9.85. The van der Waals surface area contributed by atoms with Crippen LogP contribution in [0.1, 0.15) is 30.0 Å². The summed E-state index contributed by atoms with van der Waals surface area (Å²) < 4.78 is 12.0. The zero-order valence-electron chi connectivity index (χ0n) is 19.5. The van der Waals surface area contributed by atoms with Crippen molar-refractivity contribution in [2.24, 2.45) is 28.8 Å². The van der Waals surface area contributed by atoms with Crippen LogP contribution in [0.2, 0.25) is 5.02 Å². The van der Waals surface area contributed by atoms with Gasteiger partial charge in [-0.25, -0.2) is 0 Å². The molecule has 2 amide bonds. The van der Waals surface area contributed by atoms with Crippen LogP contribution >= 0.6 is 11.6 Å². The number of allylic oxidation sites excluding steroid dienone is 3. The van der Waals surface area contributed by atoms with Crippen LogP contribution in [0, 0.1) is 23.7 Å². The van der Waals surface area contributed by atoms with Gasteiger partial charge in [0.05, 0.1) is 24.7 Å². The number of hydrogen-bond acceptors (Lipinski definition) is 5. The van der Waals surface area contributed by atoms with Gasteiger partial charge in [-0.15, -0.1) is 6.58 Å². The topological polar surface area (TPSA) is 68.2 Å². The van der Waals surface area contributed by atoms with Crippen LogP contribution in [0.15, 0.2) is 66.3 Å². The number of hydrogen-bond donors (Lipinski definition) is 0. The molecule has 7 heteroatoms. The molecule has 0 radical (unpaired) electrons. The van der Waals surface area contributed by atoms with E-state index in [2.05, 4.69) is 23.8 Å². The van der Waals surface area contributed by atoms with E-state index >= 15 is 0 Å². The Morgan fingerprint density at radius 2 is 1.77 bits per heavy atom. The summed E-state index contributed by atoms with van der Waals surface area (Å²) in [7, 11) is 0. The Labute approximate surface area is 209 Å². The lowest BCUT2D eigenvalue weighted by Gasteiger charge is -2.17. The molecule has 1 heterocycles. The molecule has 180 valence electrons. The van der Waals surface area contributed by atoms with Gasteiger partial charge in [0, 0.05) is 10.6 Å². The highest BCUT2D eigenvalue weighted by atomic mass is 35.5. The SMILES string of the molecule is C=CCc1cc(C=NN2C(=O)C3C4C=CC(C4)C3C2=O)cc(OCC)c1OCc1ccc(Cl)cc1. The number of ether oxygens (including phenoxy) is 2. The first-order valence-corrected chi connectivity index (χ1v) is 12.3. The molecule has 1 saturated carbocycles. The van der Waals surface area contributed by atoms with Crippen LogP contribution in [0.4, 0.5) is 0 Å². The third-order valence-electron chi connectivity index (χ3n) is 6.88. The average molecular weight is 491 g/mol. The molecule has 35 heavy (non-hydrogen) atoms. The zero-order valence-corrected chi connectivity index (χ0v) is 20.3. The van der Waals surface area contributed by atoms with Crippen LogP contribution in [0.3, 0.4) is 0 Å². The van der Waals surface area contributed by atoms with Gasteiger partial charge in [-0.2, -0.15) is 10.1 Å². The summed E-state index contributed by atoms with van der Waals surface area (Å²) in [5.41, 5.74) is 2.56. The number of fused-ring (bicyclic) bond motifs is 5. The predicted octanol–water partition coefficient (Wildman–Crippen LogP) is 5.19. The van der Waals surface area contributed by atoms with Crippen LogP contribution in [0.25, 0.3) is 0 Å². The second-order valence-corrected chi connectivity index (χ2v) is 9.52. The van der Waals surface area contributed by atoms with Crippen molar-refractivity contribution in [1.82, 2.24) is 5.01 Å². The van der Waals surface area contributed by atoms with Crippen LogP contribution in [-0.2, 0) is 22.6 Å². The zero-order chi connectivity index (χ0) is 24.5. The minimum Gasteiger partial charge on any atom is -0.490 e. The smallest absolute Gasteiger partial charge is 0.254 e. The van der Waals surface area contributed by atoms with Crippen molar-refractivity contribution in [1.29, 1.82) is 0 Å². The van der Waals surface area contributed by atoms with Crippen molar-refractivity contribution in [3.8, 4) is 11.5 Å². The first kappa shape index (κ1) is 23.4. The average Bonchev–Trinajstić information content (AvgIpc) is 3.53. The standard InChI is InChI=1S/C28H27ClN2O4/c1-3-5-21-12-18(13-23(34-4-2)26(21)35-16-17-6-10-22(29)11-7-17)15-30-31-27(32)24-19-8-9-20(14-19)25(24)28(31)33/h3,6-13,15,19-20,24-25H,1,4-5,14,16H2,2H3. The monoisotopic (exact) mass is 490 g/mol. The molecule has 1 aliphatic heterocycles. The highest BCUT2D eigenvalue weighted by Gasteiger charge is 2.59. The van der Waals surface area contributed by atoms with Gasteiger partial charge in [-0.05, 0) is 67.0 Å². The molecule has 2 aromatic carbocycles. The fraction of sp³-hybridized carbons (Fsp3) is 0.321. The minimum absolute atomic E-state index is 0.155. The van der Waals surface area contributed by atoms with Crippen molar-refractivity contribution in [3.05, 3.63) is 82.9 Å². The van der Waals surface area contributed by atoms with E-state index < -0.39 is 0 Å². The van der Waals surface area contributed by atoms with E-state index in [1.807, 2.05) is 43.3 Å². The van der Waals surface area contributed by atoms with E-state index in [-0.39, 0.29) is 35.5 Å². The molecule has 0 N–H and O–H groups in total. The Morgan fingerprint density at radius 1 is 1.09 bits per heavy atom. The summed E-state index contributed by atoms with van der Waals surface area (Å²) in [6.45, 7) is 6.57. The van der Waals surface area contributed by atoms with Gasteiger partial charge in [0.1, 0.15) is 6.61 Å². The van der Waals surface area contributed by atoms with Gasteiger partial charge in [-0.3, -0.25) is 9.59 Å². The maximum atomic E-state index is 12.9. The largest absolute Gasteiger partial charge is 0.490 e. The Kier molecular flexibility index (Phi) is 6.48. The van der Waals surface area contributed by atoms with Gasteiger partial charge in [-0.1, -0.05) is 42.0 Å². The molecule has 2 aliphatic carbocycles. The number of rotatable bonds is 9. The van der Waals surface area contributed by atoms with Crippen LogP contribution in [-0.4, -0.2) is 29.6 Å². The summed E-state index contributed by atoms with van der Waals surface area (Å²) >= 11 is 5.99. The number of imide groups is 1. The molecule has 0 aromatic heterocycles. The fourth-order valence-corrected chi connectivity index (χ4v) is 5.48. The summed E-state index contributed by atoms with van der Waals surface area (Å²) in [6, 6.07) is 11.2. The number of hydrazone groups is 1. The Bertz CT molecular complexity index is 1190. The number of amides is 2. The van der Waals surface area contributed by atoms with E-state index in [1.165, 1.54) is 0 Å². The first-order chi connectivity index (χ1) is 17.0. The van der Waals surface area contributed by atoms with Crippen molar-refractivity contribution < 1.29 is 19.1 Å². The normalized spacial score (nSPS) is 24.5. The van der Waals surface area contributed by atoms with Crippen molar-refractivity contribution in [2.45, 2.75) is 26.4 Å². The predicted molar refractivity (Wildman–Crippen MR) is 134 cm³/mol. The molecular formula is C28H27ClN2O4. The molecule has 5 rings (SSSR count). The lowest BCUT2D eigenvalue weighted by Crippen LogP contribution is -2.28. The number of halogens is 1. The molecule has 4 atom stereocenters. The molecule has 3 aliphatic rings. The summed E-state index contributed by atoms with van der Waals surface area (Å²) in [5.74, 6) is 0.566. The van der Waals surface area contributed by atoms with E-state index in [0.29, 0.717) is 41.7 Å². The molecule has 4 unspecified atom stereocenters. The number of benzene rings is 2.